The van der Waals surface area contributed by atoms with E-state index in [-0.39, 0.29) is 0 Å². The third kappa shape index (κ3) is 20.2. The van der Waals surface area contributed by atoms with Gasteiger partial charge in [0.1, 0.15) is 0 Å². The number of rotatable bonds is 21. The number of hydrogen-bond acceptors (Lipinski definition) is 3. The highest BCUT2D eigenvalue weighted by Gasteiger charge is 2.13. The third-order valence-corrected chi connectivity index (χ3v) is 5.73. The molecule has 0 saturated heterocycles. The van der Waals surface area contributed by atoms with Crippen LogP contribution in [0.3, 0.4) is 0 Å². The summed E-state index contributed by atoms with van der Waals surface area (Å²) in [7, 11) is 1.32. The number of methoxy groups -OCH3 is 1. The molecule has 28 heavy (non-hydrogen) atoms. The van der Waals surface area contributed by atoms with Crippen LogP contribution in [0.1, 0.15) is 136 Å². The van der Waals surface area contributed by atoms with E-state index in [9.17, 15) is 9.90 Å². The number of aliphatic hydroxyl groups is 1. The van der Waals surface area contributed by atoms with Gasteiger partial charge in [-0.25, -0.2) is 4.79 Å². The number of carbonyl (C=O) groups excluding carboxylic acids is 1. The van der Waals surface area contributed by atoms with E-state index >= 15 is 0 Å². The number of carbonyl (C=O) groups is 1. The van der Waals surface area contributed by atoms with E-state index in [1.165, 1.54) is 110 Å². The molecule has 1 unspecified atom stereocenters. The first-order chi connectivity index (χ1) is 13.6. The highest BCUT2D eigenvalue weighted by Crippen LogP contribution is 2.15. The fourth-order valence-corrected chi connectivity index (χ4v) is 3.80. The van der Waals surface area contributed by atoms with Gasteiger partial charge in [0.05, 0.1) is 7.11 Å². The van der Waals surface area contributed by atoms with Gasteiger partial charge in [0.15, 0.2) is 6.10 Å². The molecule has 0 heterocycles. The summed E-state index contributed by atoms with van der Waals surface area (Å²) < 4.78 is 4.52. The summed E-state index contributed by atoms with van der Waals surface area (Å²) in [6, 6.07) is 0. The minimum absolute atomic E-state index is 0.503. The van der Waals surface area contributed by atoms with Crippen molar-refractivity contribution in [2.45, 2.75) is 142 Å². The van der Waals surface area contributed by atoms with Crippen LogP contribution >= 0.6 is 0 Å². The quantitative estimate of drug-likeness (QED) is 0.160. The van der Waals surface area contributed by atoms with Crippen molar-refractivity contribution in [3.8, 4) is 0 Å². The maximum Gasteiger partial charge on any atom is 0.334 e. The Morgan fingerprint density at radius 2 is 0.893 bits per heavy atom. The molecule has 0 radical (unpaired) electrons. The van der Waals surface area contributed by atoms with Crippen LogP contribution in [0.2, 0.25) is 0 Å². The first-order valence-corrected chi connectivity index (χ1v) is 12.3. The first kappa shape index (κ1) is 27.4. The standard InChI is InChI=1S/C25H50O3/c1-23(2)21-19-17-15-13-11-9-7-5-4-6-8-10-12-14-16-18-20-22-24(26)25(27)28-3/h23-24,26H,4-22H2,1-3H3. The molecule has 3 heteroatoms. The van der Waals surface area contributed by atoms with Gasteiger partial charge in [0, 0.05) is 0 Å². The van der Waals surface area contributed by atoms with Crippen LogP contribution in [0.15, 0.2) is 0 Å². The van der Waals surface area contributed by atoms with Crippen LogP contribution in [0.5, 0.6) is 0 Å². The lowest BCUT2D eigenvalue weighted by atomic mass is 10.0. The van der Waals surface area contributed by atoms with E-state index in [4.69, 9.17) is 0 Å². The van der Waals surface area contributed by atoms with Crippen molar-refractivity contribution in [2.24, 2.45) is 5.92 Å². The Kier molecular flexibility index (Phi) is 20.7. The molecule has 0 amide bonds. The number of esters is 1. The largest absolute Gasteiger partial charge is 0.467 e. The molecular weight excluding hydrogens is 348 g/mol. The van der Waals surface area contributed by atoms with E-state index in [0.29, 0.717) is 6.42 Å². The Balaban J connectivity index is 3.09. The van der Waals surface area contributed by atoms with Crippen LogP contribution in [-0.4, -0.2) is 24.3 Å². The molecule has 0 spiro atoms. The number of aliphatic hydroxyl groups excluding tert-OH is 1. The summed E-state index contributed by atoms with van der Waals surface area (Å²) in [6.45, 7) is 4.65. The van der Waals surface area contributed by atoms with Crippen LogP contribution in [0.4, 0.5) is 0 Å². The zero-order valence-corrected chi connectivity index (χ0v) is 19.4. The summed E-state index contributed by atoms with van der Waals surface area (Å²) in [5.74, 6) is 0.372. The monoisotopic (exact) mass is 398 g/mol. The summed E-state index contributed by atoms with van der Waals surface area (Å²) in [5.41, 5.74) is 0. The molecule has 1 atom stereocenters. The van der Waals surface area contributed by atoms with Gasteiger partial charge in [-0.05, 0) is 12.3 Å². The zero-order valence-electron chi connectivity index (χ0n) is 19.4. The Hall–Kier alpha value is -0.570. The molecule has 0 aromatic carbocycles. The van der Waals surface area contributed by atoms with Crippen molar-refractivity contribution in [3.63, 3.8) is 0 Å². The summed E-state index contributed by atoms with van der Waals surface area (Å²) in [4.78, 5) is 11.1. The SMILES string of the molecule is COC(=O)C(O)CCCCCCCCCCCCCCCCCCCC(C)C. The average molecular weight is 399 g/mol. The van der Waals surface area contributed by atoms with Gasteiger partial charge < -0.3 is 9.84 Å². The zero-order chi connectivity index (χ0) is 20.9. The van der Waals surface area contributed by atoms with E-state index in [1.807, 2.05) is 0 Å². The molecular formula is C25H50O3. The van der Waals surface area contributed by atoms with Gasteiger partial charge >= 0.3 is 5.97 Å². The van der Waals surface area contributed by atoms with E-state index < -0.39 is 12.1 Å². The number of hydrogen-bond donors (Lipinski definition) is 1. The maximum absolute atomic E-state index is 11.1. The Bertz CT molecular complexity index is 328. The lowest BCUT2D eigenvalue weighted by Gasteiger charge is -2.07. The molecule has 0 aliphatic rings. The van der Waals surface area contributed by atoms with Crippen molar-refractivity contribution < 1.29 is 14.6 Å². The van der Waals surface area contributed by atoms with Crippen LogP contribution in [0, 0.1) is 5.92 Å². The van der Waals surface area contributed by atoms with Crippen molar-refractivity contribution in [1.82, 2.24) is 0 Å². The first-order valence-electron chi connectivity index (χ1n) is 12.3. The second-order valence-corrected chi connectivity index (χ2v) is 9.02. The molecule has 0 rings (SSSR count). The molecule has 0 bridgehead atoms. The van der Waals surface area contributed by atoms with Gasteiger partial charge in [-0.1, -0.05) is 129 Å². The minimum Gasteiger partial charge on any atom is -0.467 e. The van der Waals surface area contributed by atoms with E-state index in [2.05, 4.69) is 18.6 Å². The molecule has 0 fully saturated rings. The van der Waals surface area contributed by atoms with Crippen molar-refractivity contribution in [2.75, 3.05) is 7.11 Å². The van der Waals surface area contributed by atoms with Gasteiger partial charge in [-0.15, -0.1) is 0 Å². The minimum atomic E-state index is -0.931. The van der Waals surface area contributed by atoms with E-state index in [1.54, 1.807) is 0 Å². The van der Waals surface area contributed by atoms with Crippen LogP contribution in [0.25, 0.3) is 0 Å². The molecule has 0 aliphatic heterocycles. The van der Waals surface area contributed by atoms with Gasteiger partial charge in [0.25, 0.3) is 0 Å². The molecule has 0 aliphatic carbocycles. The summed E-state index contributed by atoms with van der Waals surface area (Å²) in [6.07, 6.45) is 23.9. The van der Waals surface area contributed by atoms with Crippen LogP contribution < -0.4 is 0 Å². The predicted octanol–water partition coefficient (Wildman–Crippen LogP) is 7.59. The number of ether oxygens (including phenoxy) is 1. The lowest BCUT2D eigenvalue weighted by Crippen LogP contribution is -2.21. The fraction of sp³-hybridized carbons (Fsp3) is 0.960. The van der Waals surface area contributed by atoms with Gasteiger partial charge in [0.2, 0.25) is 0 Å². The van der Waals surface area contributed by atoms with Crippen molar-refractivity contribution in [1.29, 1.82) is 0 Å². The Morgan fingerprint density at radius 3 is 1.18 bits per heavy atom. The highest BCUT2D eigenvalue weighted by atomic mass is 16.5. The second kappa shape index (κ2) is 21.1. The predicted molar refractivity (Wildman–Crippen MR) is 121 cm³/mol. The van der Waals surface area contributed by atoms with Crippen LogP contribution in [-0.2, 0) is 9.53 Å². The van der Waals surface area contributed by atoms with Crippen molar-refractivity contribution >= 4 is 5.97 Å². The summed E-state index contributed by atoms with van der Waals surface area (Å²) >= 11 is 0. The number of unbranched alkanes of at least 4 members (excludes halogenated alkanes) is 16. The van der Waals surface area contributed by atoms with E-state index in [0.717, 1.165) is 18.8 Å². The Labute approximate surface area is 176 Å². The maximum atomic E-state index is 11.1. The lowest BCUT2D eigenvalue weighted by molar-refractivity contribution is -0.150. The molecule has 1 N–H and O–H groups in total. The molecule has 0 aromatic rings. The topological polar surface area (TPSA) is 46.5 Å². The molecule has 168 valence electrons. The third-order valence-electron chi connectivity index (χ3n) is 5.73. The highest BCUT2D eigenvalue weighted by molar-refractivity contribution is 5.74. The van der Waals surface area contributed by atoms with Crippen molar-refractivity contribution in [3.05, 3.63) is 0 Å². The molecule has 0 aromatic heterocycles. The van der Waals surface area contributed by atoms with Gasteiger partial charge in [-0.3, -0.25) is 0 Å². The summed E-state index contributed by atoms with van der Waals surface area (Å²) in [5, 5.41) is 9.49. The van der Waals surface area contributed by atoms with Gasteiger partial charge in [-0.2, -0.15) is 0 Å². The average Bonchev–Trinajstić information content (AvgIpc) is 2.68. The second-order valence-electron chi connectivity index (χ2n) is 9.02. The normalized spacial score (nSPS) is 12.5. The Morgan fingerprint density at radius 1 is 0.607 bits per heavy atom. The smallest absolute Gasteiger partial charge is 0.334 e. The fourth-order valence-electron chi connectivity index (χ4n) is 3.80. The molecule has 0 saturated carbocycles. The molecule has 3 nitrogen and oxygen atoms in total.